The lowest BCUT2D eigenvalue weighted by Crippen LogP contribution is -2.50. The molecule has 0 saturated carbocycles. The number of hydrogen-bond acceptors (Lipinski definition) is 6. The summed E-state index contributed by atoms with van der Waals surface area (Å²) >= 11 is 0. The number of ether oxygens (including phenoxy) is 2. The number of rotatable bonds is 8. The Bertz CT molecular complexity index is 1410. The lowest BCUT2D eigenvalue weighted by molar-refractivity contribution is -0.128. The molecule has 9 heteroatoms. The minimum Gasteiger partial charge on any atom is -0.497 e. The van der Waals surface area contributed by atoms with Crippen molar-refractivity contribution in [3.8, 4) is 11.5 Å². The van der Waals surface area contributed by atoms with E-state index in [0.29, 0.717) is 28.3 Å². The Morgan fingerprint density at radius 2 is 1.62 bits per heavy atom. The van der Waals surface area contributed by atoms with E-state index >= 15 is 0 Å². The molecule has 4 rings (SSSR count). The number of amides is 2. The Morgan fingerprint density at radius 3 is 2.32 bits per heavy atom. The summed E-state index contributed by atoms with van der Waals surface area (Å²) in [5, 5.41) is 11.4. The van der Waals surface area contributed by atoms with Crippen LogP contribution < -0.4 is 19.7 Å². The molecule has 1 heterocycles. The highest BCUT2D eigenvalue weighted by molar-refractivity contribution is 6.01. The van der Waals surface area contributed by atoms with E-state index in [1.54, 1.807) is 62.8 Å². The van der Waals surface area contributed by atoms with E-state index in [1.807, 2.05) is 45.0 Å². The molecule has 192 valence electrons. The van der Waals surface area contributed by atoms with E-state index < -0.39 is 11.6 Å². The van der Waals surface area contributed by atoms with Crippen molar-refractivity contribution < 1.29 is 19.1 Å². The number of nitrogens with zero attached hydrogens (tertiary/aromatic N) is 4. The van der Waals surface area contributed by atoms with Crippen molar-refractivity contribution >= 4 is 28.5 Å². The Morgan fingerprint density at radius 1 is 0.946 bits per heavy atom. The third-order valence-corrected chi connectivity index (χ3v) is 5.72. The summed E-state index contributed by atoms with van der Waals surface area (Å²) in [6.45, 7) is 5.56. The van der Waals surface area contributed by atoms with Crippen LogP contribution in [-0.4, -0.2) is 46.6 Å². The van der Waals surface area contributed by atoms with Gasteiger partial charge in [0.05, 0.1) is 19.7 Å². The highest BCUT2D eigenvalue weighted by atomic mass is 16.5. The zero-order chi connectivity index (χ0) is 26.6. The van der Waals surface area contributed by atoms with Crippen molar-refractivity contribution in [1.82, 2.24) is 20.3 Å². The van der Waals surface area contributed by atoms with Gasteiger partial charge < -0.3 is 14.8 Å². The maximum Gasteiger partial charge on any atom is 0.249 e. The normalized spacial score (nSPS) is 12.1. The summed E-state index contributed by atoms with van der Waals surface area (Å²) in [4.78, 5) is 29.4. The maximum absolute atomic E-state index is 14.1. The molecule has 0 aliphatic heterocycles. The van der Waals surface area contributed by atoms with Crippen LogP contribution in [0, 0.1) is 0 Å². The largest absolute Gasteiger partial charge is 0.497 e. The Hall–Kier alpha value is -4.40. The highest BCUT2D eigenvalue weighted by Crippen LogP contribution is 2.32. The van der Waals surface area contributed by atoms with E-state index in [-0.39, 0.29) is 18.4 Å². The number of fused-ring (bicyclic) bond motifs is 1. The first-order valence-electron chi connectivity index (χ1n) is 11.9. The molecular weight excluding hydrogens is 470 g/mol. The predicted octanol–water partition coefficient (Wildman–Crippen LogP) is 4.14. The molecule has 1 aromatic heterocycles. The summed E-state index contributed by atoms with van der Waals surface area (Å²) in [6.07, 6.45) is 0. The monoisotopic (exact) mass is 501 g/mol. The average molecular weight is 502 g/mol. The van der Waals surface area contributed by atoms with E-state index in [0.717, 1.165) is 5.52 Å². The van der Waals surface area contributed by atoms with Crippen LogP contribution in [0.5, 0.6) is 11.5 Å². The predicted molar refractivity (Wildman–Crippen MR) is 142 cm³/mol. The molecule has 0 bridgehead atoms. The molecule has 0 radical (unpaired) electrons. The second-order valence-corrected chi connectivity index (χ2v) is 9.62. The van der Waals surface area contributed by atoms with E-state index in [9.17, 15) is 9.59 Å². The minimum absolute atomic E-state index is 0.124. The average Bonchev–Trinajstić information content (AvgIpc) is 3.28. The van der Waals surface area contributed by atoms with Gasteiger partial charge in [-0.25, -0.2) is 4.68 Å². The third kappa shape index (κ3) is 5.88. The van der Waals surface area contributed by atoms with Crippen molar-refractivity contribution in [3.05, 3.63) is 78.4 Å². The van der Waals surface area contributed by atoms with E-state index in [2.05, 4.69) is 15.6 Å². The fraction of sp³-hybridized carbons (Fsp3) is 0.286. The molecular formula is C28H31N5O4. The molecule has 3 aromatic carbocycles. The molecule has 4 aromatic rings. The molecule has 0 saturated heterocycles. The van der Waals surface area contributed by atoms with Crippen molar-refractivity contribution in [2.24, 2.45) is 0 Å². The van der Waals surface area contributed by atoms with Gasteiger partial charge in [-0.3, -0.25) is 14.5 Å². The quantitative estimate of drug-likeness (QED) is 0.390. The molecule has 0 aliphatic carbocycles. The van der Waals surface area contributed by atoms with Gasteiger partial charge in [-0.2, -0.15) is 0 Å². The zero-order valence-electron chi connectivity index (χ0n) is 21.6. The SMILES string of the molecule is COc1cccc([C@H](C(=O)NC(C)(C)C)N(C(=O)Cn2nnc3ccccc32)c2cccc(OC)c2)c1. The molecule has 0 aliphatic rings. The first-order chi connectivity index (χ1) is 17.7. The van der Waals surface area contributed by atoms with Crippen LogP contribution >= 0.6 is 0 Å². The highest BCUT2D eigenvalue weighted by Gasteiger charge is 2.35. The Labute approximate surface area is 216 Å². The Kier molecular flexibility index (Phi) is 7.42. The summed E-state index contributed by atoms with van der Waals surface area (Å²) in [5.41, 5.74) is 1.97. The summed E-state index contributed by atoms with van der Waals surface area (Å²) < 4.78 is 12.4. The molecule has 0 unspecified atom stereocenters. The first kappa shape index (κ1) is 25.7. The van der Waals surface area contributed by atoms with Crippen molar-refractivity contribution in [1.29, 1.82) is 0 Å². The number of hydrogen-bond donors (Lipinski definition) is 1. The lowest BCUT2D eigenvalue weighted by atomic mass is 10.0. The molecule has 9 nitrogen and oxygen atoms in total. The van der Waals surface area contributed by atoms with Crippen LogP contribution in [0.4, 0.5) is 5.69 Å². The summed E-state index contributed by atoms with van der Waals surface area (Å²) in [7, 11) is 3.11. The van der Waals surface area contributed by atoms with Crippen LogP contribution in [0.15, 0.2) is 72.8 Å². The van der Waals surface area contributed by atoms with Crippen LogP contribution in [-0.2, 0) is 16.1 Å². The van der Waals surface area contributed by atoms with Gasteiger partial charge in [-0.15, -0.1) is 5.10 Å². The van der Waals surface area contributed by atoms with Crippen molar-refractivity contribution in [2.45, 2.75) is 38.9 Å². The standard InChI is InChI=1S/C28H31N5O4/c1-28(2,3)29-27(35)26(19-10-8-12-21(16-19)36-4)33(20-11-9-13-22(17-20)37-5)25(34)18-32-24-15-7-6-14-23(24)30-31-32/h6-17,26H,18H2,1-5H3,(H,29,35)/t26-/m1/s1. The number of carbonyl (C=O) groups is 2. The molecule has 37 heavy (non-hydrogen) atoms. The lowest BCUT2D eigenvalue weighted by Gasteiger charge is -2.34. The Balaban J connectivity index is 1.85. The van der Waals surface area contributed by atoms with Crippen LogP contribution in [0.3, 0.4) is 0 Å². The van der Waals surface area contributed by atoms with Crippen LogP contribution in [0.25, 0.3) is 11.0 Å². The molecule has 0 spiro atoms. The topological polar surface area (TPSA) is 98.6 Å². The number of benzene rings is 3. The fourth-order valence-corrected chi connectivity index (χ4v) is 4.10. The number of methoxy groups -OCH3 is 2. The fourth-order valence-electron chi connectivity index (χ4n) is 4.10. The van der Waals surface area contributed by atoms with Gasteiger partial charge >= 0.3 is 0 Å². The van der Waals surface area contributed by atoms with E-state index in [1.165, 1.54) is 9.58 Å². The van der Waals surface area contributed by atoms with Gasteiger partial charge in [0.25, 0.3) is 0 Å². The van der Waals surface area contributed by atoms with Gasteiger partial charge in [-0.05, 0) is 62.7 Å². The molecule has 1 atom stereocenters. The number of anilines is 1. The number of para-hydroxylation sites is 1. The smallest absolute Gasteiger partial charge is 0.249 e. The van der Waals surface area contributed by atoms with Gasteiger partial charge in [0.1, 0.15) is 29.6 Å². The number of aromatic nitrogens is 3. The first-order valence-corrected chi connectivity index (χ1v) is 11.9. The zero-order valence-corrected chi connectivity index (χ0v) is 21.6. The van der Waals surface area contributed by atoms with Gasteiger partial charge in [0.2, 0.25) is 11.8 Å². The van der Waals surface area contributed by atoms with E-state index in [4.69, 9.17) is 9.47 Å². The maximum atomic E-state index is 14.1. The minimum atomic E-state index is -0.997. The van der Waals surface area contributed by atoms with Gasteiger partial charge in [-0.1, -0.05) is 35.5 Å². The van der Waals surface area contributed by atoms with Crippen molar-refractivity contribution in [3.63, 3.8) is 0 Å². The summed E-state index contributed by atoms with van der Waals surface area (Å²) in [5.74, 6) is 0.453. The molecule has 1 N–H and O–H groups in total. The van der Waals surface area contributed by atoms with Gasteiger partial charge in [0, 0.05) is 17.3 Å². The van der Waals surface area contributed by atoms with Gasteiger partial charge in [0.15, 0.2) is 0 Å². The van der Waals surface area contributed by atoms with Crippen LogP contribution in [0.1, 0.15) is 32.4 Å². The second-order valence-electron chi connectivity index (χ2n) is 9.62. The van der Waals surface area contributed by atoms with Crippen molar-refractivity contribution in [2.75, 3.05) is 19.1 Å². The molecule has 2 amide bonds. The summed E-state index contributed by atoms with van der Waals surface area (Å²) in [6, 6.07) is 20.6. The third-order valence-electron chi connectivity index (χ3n) is 5.72. The molecule has 0 fully saturated rings. The van der Waals surface area contributed by atoms with Crippen LogP contribution in [0.2, 0.25) is 0 Å². The second kappa shape index (κ2) is 10.7. The number of carbonyl (C=O) groups excluding carboxylic acids is 2. The number of nitrogens with one attached hydrogen (secondary N) is 1.